The molecule has 1 aliphatic carbocycles. The molecule has 2 aromatic rings. The lowest BCUT2D eigenvalue weighted by atomic mass is 9.96. The summed E-state index contributed by atoms with van der Waals surface area (Å²) in [5, 5.41) is 9.78. The van der Waals surface area contributed by atoms with Crippen molar-refractivity contribution in [2.24, 2.45) is 5.41 Å². The number of halogens is 3. The van der Waals surface area contributed by atoms with Gasteiger partial charge < -0.3 is 24.4 Å². The zero-order valence-corrected chi connectivity index (χ0v) is 23.1. The van der Waals surface area contributed by atoms with E-state index in [1.165, 1.54) is 11.6 Å². The maximum Gasteiger partial charge on any atom is 0.417 e. The Morgan fingerprint density at radius 2 is 1.98 bits per heavy atom. The Balaban J connectivity index is 1.23. The molecule has 0 bridgehead atoms. The van der Waals surface area contributed by atoms with Gasteiger partial charge in [-0.1, -0.05) is 12.1 Å². The molecule has 1 unspecified atom stereocenters. The molecule has 1 N–H and O–H groups in total. The lowest BCUT2D eigenvalue weighted by Gasteiger charge is -2.30. The van der Waals surface area contributed by atoms with Crippen LogP contribution in [0.15, 0.2) is 42.6 Å². The highest BCUT2D eigenvalue weighted by Gasteiger charge is 2.60. The molecule has 10 heteroatoms. The molecule has 216 valence electrons. The Morgan fingerprint density at radius 1 is 1.18 bits per heavy atom. The Labute approximate surface area is 232 Å². The molecule has 7 nitrogen and oxygen atoms in total. The van der Waals surface area contributed by atoms with E-state index in [-0.39, 0.29) is 30.1 Å². The molecule has 2 atom stereocenters. The number of hydrogen-bond donors (Lipinski definition) is 1. The molecular weight excluding hydrogens is 523 g/mol. The monoisotopic (exact) mass is 559 g/mol. The molecule has 1 aromatic carbocycles. The van der Waals surface area contributed by atoms with Crippen molar-refractivity contribution in [2.45, 2.75) is 64.3 Å². The fourth-order valence-electron chi connectivity index (χ4n) is 5.61. The van der Waals surface area contributed by atoms with Crippen LogP contribution in [0.4, 0.5) is 23.7 Å². The van der Waals surface area contributed by atoms with Gasteiger partial charge in [0.15, 0.2) is 0 Å². The van der Waals surface area contributed by atoms with Gasteiger partial charge in [-0.25, -0.2) is 9.78 Å². The first-order valence-electron chi connectivity index (χ1n) is 13.7. The lowest BCUT2D eigenvalue weighted by molar-refractivity contribution is -0.137. The maximum absolute atomic E-state index is 12.8. The van der Waals surface area contributed by atoms with Crippen molar-refractivity contribution in [3.05, 3.63) is 59.3 Å². The first-order chi connectivity index (χ1) is 18.9. The molecule has 1 aromatic heterocycles. The molecular formula is C30H36F3N3O4. The average molecular weight is 560 g/mol. The summed E-state index contributed by atoms with van der Waals surface area (Å²) >= 11 is 0. The van der Waals surface area contributed by atoms with Gasteiger partial charge in [-0.15, -0.1) is 0 Å². The van der Waals surface area contributed by atoms with Crippen LogP contribution in [0.25, 0.3) is 5.57 Å². The second-order valence-corrected chi connectivity index (χ2v) is 12.0. The number of aliphatic hydroxyl groups excluding tert-OH is 1. The Hall–Kier alpha value is -3.27. The number of alkyl halides is 3. The van der Waals surface area contributed by atoms with Crippen molar-refractivity contribution in [3.63, 3.8) is 0 Å². The Kier molecular flexibility index (Phi) is 7.50. The van der Waals surface area contributed by atoms with E-state index in [1.807, 2.05) is 20.8 Å². The number of amides is 1. The largest absolute Gasteiger partial charge is 0.474 e. The van der Waals surface area contributed by atoms with Crippen LogP contribution in [0.5, 0.6) is 5.88 Å². The maximum atomic E-state index is 12.8. The smallest absolute Gasteiger partial charge is 0.417 e. The SMILES string of the molecule is CC(C)(C)OC(=O)N1CC=C(c2ccc(N3CC[C@@]4(CC4Oc4ccc(C(F)(F)F)cn4)C3)c(CCO)c2)CC1. The molecule has 0 radical (unpaired) electrons. The molecule has 40 heavy (non-hydrogen) atoms. The van der Waals surface area contributed by atoms with E-state index in [0.717, 1.165) is 61.4 Å². The molecule has 3 aliphatic rings. The van der Waals surface area contributed by atoms with E-state index in [2.05, 4.69) is 34.2 Å². The molecule has 1 saturated carbocycles. The fraction of sp³-hybridized carbons (Fsp3) is 0.533. The van der Waals surface area contributed by atoms with Crippen molar-refractivity contribution in [1.82, 2.24) is 9.88 Å². The van der Waals surface area contributed by atoms with E-state index in [4.69, 9.17) is 9.47 Å². The highest BCUT2D eigenvalue weighted by molar-refractivity contribution is 5.74. The molecule has 5 rings (SSSR count). The standard InChI is InChI=1S/C30H36F3N3O4/c1-28(2,3)40-27(38)35-12-8-20(9-13-35)21-4-6-24(22(16-21)10-15-37)36-14-11-29(19-36)17-25(29)39-26-7-5-23(18-34-26)30(31,32)33/h4-8,16,18,25,37H,9-15,17,19H2,1-3H3/t25?,29-/m1/s1. The highest BCUT2D eigenvalue weighted by Crippen LogP contribution is 2.55. The quantitative estimate of drug-likeness (QED) is 0.489. The average Bonchev–Trinajstić information content (AvgIpc) is 3.37. The van der Waals surface area contributed by atoms with Crippen LogP contribution in [0, 0.1) is 5.41 Å². The third kappa shape index (κ3) is 6.22. The van der Waals surface area contributed by atoms with Crippen LogP contribution < -0.4 is 9.64 Å². The molecule has 2 fully saturated rings. The first kappa shape index (κ1) is 28.3. The second kappa shape index (κ2) is 10.6. The van der Waals surface area contributed by atoms with E-state index < -0.39 is 17.3 Å². The minimum absolute atomic E-state index is 0.0340. The summed E-state index contributed by atoms with van der Waals surface area (Å²) in [4.78, 5) is 20.3. The summed E-state index contributed by atoms with van der Waals surface area (Å²) in [6, 6.07) is 8.63. The summed E-state index contributed by atoms with van der Waals surface area (Å²) in [7, 11) is 0. The van der Waals surface area contributed by atoms with Gasteiger partial charge in [0.25, 0.3) is 0 Å². The van der Waals surface area contributed by atoms with Crippen molar-refractivity contribution in [2.75, 3.05) is 37.7 Å². The number of rotatable bonds is 6. The van der Waals surface area contributed by atoms with E-state index in [0.29, 0.717) is 19.5 Å². The van der Waals surface area contributed by atoms with Crippen LogP contribution in [-0.2, 0) is 17.3 Å². The number of hydrogen-bond acceptors (Lipinski definition) is 6. The third-order valence-corrected chi connectivity index (χ3v) is 7.86. The van der Waals surface area contributed by atoms with Crippen LogP contribution >= 0.6 is 0 Å². The number of aromatic nitrogens is 1. The second-order valence-electron chi connectivity index (χ2n) is 12.0. The zero-order valence-electron chi connectivity index (χ0n) is 23.1. The molecule has 3 heterocycles. The van der Waals surface area contributed by atoms with Gasteiger partial charge >= 0.3 is 12.3 Å². The van der Waals surface area contributed by atoms with Crippen molar-refractivity contribution in [1.29, 1.82) is 0 Å². The normalized spacial score (nSPS) is 22.9. The Bertz CT molecular complexity index is 1270. The van der Waals surface area contributed by atoms with E-state index >= 15 is 0 Å². The highest BCUT2D eigenvalue weighted by atomic mass is 19.4. The number of benzene rings is 1. The zero-order chi connectivity index (χ0) is 28.7. The van der Waals surface area contributed by atoms with Gasteiger partial charge in [-0.05, 0) is 81.4 Å². The predicted molar refractivity (Wildman–Crippen MR) is 145 cm³/mol. The number of ether oxygens (including phenoxy) is 2. The van der Waals surface area contributed by atoms with Gasteiger partial charge in [-0.2, -0.15) is 13.2 Å². The number of nitrogens with zero attached hydrogens (tertiary/aromatic N) is 3. The number of anilines is 1. The van der Waals surface area contributed by atoms with Gasteiger partial charge in [0.05, 0.1) is 5.56 Å². The van der Waals surface area contributed by atoms with Crippen molar-refractivity contribution >= 4 is 17.4 Å². The molecule has 1 saturated heterocycles. The van der Waals surface area contributed by atoms with E-state index in [9.17, 15) is 23.1 Å². The van der Waals surface area contributed by atoms with Crippen LogP contribution in [0.1, 0.15) is 56.7 Å². The predicted octanol–water partition coefficient (Wildman–Crippen LogP) is 5.71. The number of carbonyl (C=O) groups is 1. The molecule has 2 aliphatic heterocycles. The summed E-state index contributed by atoms with van der Waals surface area (Å²) < 4.78 is 49.9. The van der Waals surface area contributed by atoms with Crippen LogP contribution in [-0.4, -0.2) is 65.6 Å². The lowest BCUT2D eigenvalue weighted by Crippen LogP contribution is -2.39. The van der Waals surface area contributed by atoms with Gasteiger partial charge in [0, 0.05) is 56.2 Å². The van der Waals surface area contributed by atoms with Gasteiger partial charge in [-0.3, -0.25) is 0 Å². The molecule has 1 amide bonds. The topological polar surface area (TPSA) is 75.1 Å². The summed E-state index contributed by atoms with van der Waals surface area (Å²) in [5.41, 5.74) is 3.04. The van der Waals surface area contributed by atoms with E-state index in [1.54, 1.807) is 4.90 Å². The van der Waals surface area contributed by atoms with Crippen LogP contribution in [0.2, 0.25) is 0 Å². The Morgan fingerprint density at radius 3 is 2.60 bits per heavy atom. The fourth-order valence-corrected chi connectivity index (χ4v) is 5.61. The summed E-state index contributed by atoms with van der Waals surface area (Å²) in [6.07, 6.45) is 1.07. The number of carbonyl (C=O) groups excluding carboxylic acids is 1. The van der Waals surface area contributed by atoms with Gasteiger partial charge in [0.1, 0.15) is 11.7 Å². The molecule has 1 spiro atoms. The van der Waals surface area contributed by atoms with Crippen molar-refractivity contribution in [3.8, 4) is 5.88 Å². The summed E-state index contributed by atoms with van der Waals surface area (Å²) in [6.45, 7) is 8.30. The van der Waals surface area contributed by atoms with Gasteiger partial charge in [0.2, 0.25) is 5.88 Å². The number of pyridine rings is 1. The third-order valence-electron chi connectivity index (χ3n) is 7.86. The summed E-state index contributed by atoms with van der Waals surface area (Å²) in [5.74, 6) is 0.213. The first-order valence-corrected chi connectivity index (χ1v) is 13.7. The van der Waals surface area contributed by atoms with Crippen LogP contribution in [0.3, 0.4) is 0 Å². The minimum atomic E-state index is -4.42. The minimum Gasteiger partial charge on any atom is -0.474 e. The number of aliphatic hydroxyl groups is 1. The van der Waals surface area contributed by atoms with Crippen molar-refractivity contribution < 1.29 is 32.5 Å².